The van der Waals surface area contributed by atoms with Gasteiger partial charge < -0.3 is 9.73 Å². The summed E-state index contributed by atoms with van der Waals surface area (Å²) in [4.78, 5) is 19.2. The zero-order valence-electron chi connectivity index (χ0n) is 11.4. The van der Waals surface area contributed by atoms with Gasteiger partial charge in [0.05, 0.1) is 27.4 Å². The summed E-state index contributed by atoms with van der Waals surface area (Å²) in [6.07, 6.45) is 0. The van der Waals surface area contributed by atoms with Crippen molar-refractivity contribution in [2.75, 3.05) is 5.32 Å². The number of hydrogen-bond acceptors (Lipinski definition) is 7. The third-order valence-corrected chi connectivity index (χ3v) is 3.96. The van der Waals surface area contributed by atoms with E-state index in [0.717, 1.165) is 16.2 Å². The predicted molar refractivity (Wildman–Crippen MR) is 79.6 cm³/mol. The Balaban J connectivity index is 1.92. The molecule has 0 saturated carbocycles. The molecule has 1 N–H and O–H groups in total. The molecular weight excluding hydrogens is 292 g/mol. The molecular formula is C13H12N4O3S. The van der Waals surface area contributed by atoms with Crippen molar-refractivity contribution >= 4 is 32.9 Å². The monoisotopic (exact) mass is 304 g/mol. The minimum atomic E-state index is -0.420. The number of aryl methyl sites for hydroxylation is 2. The topological polar surface area (TPSA) is 94.1 Å². The van der Waals surface area contributed by atoms with Crippen molar-refractivity contribution in [3.63, 3.8) is 0 Å². The smallest absolute Gasteiger partial charge is 0.319 e. The Morgan fingerprint density at radius 2 is 2.24 bits per heavy atom. The van der Waals surface area contributed by atoms with E-state index < -0.39 is 4.92 Å². The van der Waals surface area contributed by atoms with E-state index in [9.17, 15) is 10.1 Å². The summed E-state index contributed by atoms with van der Waals surface area (Å²) in [5.74, 6) is 1.24. The molecule has 0 unspecified atom stereocenters. The molecule has 7 nitrogen and oxygen atoms in total. The number of benzene rings is 1. The van der Waals surface area contributed by atoms with Gasteiger partial charge in [-0.05, 0) is 26.0 Å². The summed E-state index contributed by atoms with van der Waals surface area (Å²) < 4.78 is 6.24. The zero-order valence-corrected chi connectivity index (χ0v) is 12.2. The Morgan fingerprint density at radius 3 is 2.90 bits per heavy atom. The lowest BCUT2D eigenvalue weighted by atomic mass is 10.2. The van der Waals surface area contributed by atoms with Crippen molar-refractivity contribution in [3.05, 3.63) is 45.1 Å². The van der Waals surface area contributed by atoms with Gasteiger partial charge in [0.1, 0.15) is 11.4 Å². The molecule has 0 spiro atoms. The Hall–Kier alpha value is -2.48. The Bertz CT molecular complexity index is 805. The van der Waals surface area contributed by atoms with Crippen LogP contribution in [0.3, 0.4) is 0 Å². The SMILES string of the molecule is Cc1nc(CNc2ccc3scnc3c2[N+](=O)[O-])oc1C. The molecule has 21 heavy (non-hydrogen) atoms. The normalized spacial score (nSPS) is 11.0. The van der Waals surface area contributed by atoms with E-state index >= 15 is 0 Å². The van der Waals surface area contributed by atoms with E-state index in [-0.39, 0.29) is 12.2 Å². The lowest BCUT2D eigenvalue weighted by molar-refractivity contribution is -0.382. The molecule has 3 rings (SSSR count). The van der Waals surface area contributed by atoms with Crippen LogP contribution in [0.2, 0.25) is 0 Å². The van der Waals surface area contributed by atoms with Crippen molar-refractivity contribution in [3.8, 4) is 0 Å². The Labute approximate surface area is 123 Å². The van der Waals surface area contributed by atoms with Crippen LogP contribution in [-0.4, -0.2) is 14.9 Å². The fraction of sp³-hybridized carbons (Fsp3) is 0.231. The van der Waals surface area contributed by atoms with E-state index in [4.69, 9.17) is 4.42 Å². The van der Waals surface area contributed by atoms with Gasteiger partial charge in [-0.1, -0.05) is 0 Å². The van der Waals surface area contributed by atoms with Crippen LogP contribution in [0.25, 0.3) is 10.2 Å². The molecule has 1 aromatic carbocycles. The van der Waals surface area contributed by atoms with Gasteiger partial charge in [-0.2, -0.15) is 0 Å². The molecule has 0 radical (unpaired) electrons. The summed E-state index contributed by atoms with van der Waals surface area (Å²) in [6.45, 7) is 3.97. The molecule has 2 heterocycles. The molecule has 0 saturated heterocycles. The van der Waals surface area contributed by atoms with Crippen LogP contribution in [0.1, 0.15) is 17.3 Å². The highest BCUT2D eigenvalue weighted by molar-refractivity contribution is 7.16. The number of oxazole rings is 1. The molecule has 2 aromatic heterocycles. The predicted octanol–water partition coefficient (Wildman–Crippen LogP) is 3.42. The van der Waals surface area contributed by atoms with Crippen LogP contribution < -0.4 is 5.32 Å². The number of nitro benzene ring substituents is 1. The lowest BCUT2D eigenvalue weighted by Crippen LogP contribution is -2.03. The first-order valence-corrected chi connectivity index (χ1v) is 7.11. The minimum absolute atomic E-state index is 0.0197. The third-order valence-electron chi connectivity index (χ3n) is 3.16. The molecule has 108 valence electrons. The number of fused-ring (bicyclic) bond motifs is 1. The average Bonchev–Trinajstić information content (AvgIpc) is 3.02. The molecule has 0 aliphatic rings. The van der Waals surface area contributed by atoms with Gasteiger partial charge in [-0.15, -0.1) is 11.3 Å². The van der Waals surface area contributed by atoms with Crippen molar-refractivity contribution in [2.45, 2.75) is 20.4 Å². The second kappa shape index (κ2) is 5.13. The maximum atomic E-state index is 11.3. The molecule has 0 amide bonds. The largest absolute Gasteiger partial charge is 0.444 e. The van der Waals surface area contributed by atoms with E-state index in [1.165, 1.54) is 11.3 Å². The maximum absolute atomic E-state index is 11.3. The molecule has 3 aromatic rings. The summed E-state index contributed by atoms with van der Waals surface area (Å²) in [5.41, 5.74) is 3.20. The van der Waals surface area contributed by atoms with Crippen LogP contribution in [0.4, 0.5) is 11.4 Å². The minimum Gasteiger partial charge on any atom is -0.444 e. The Kier molecular flexibility index (Phi) is 3.30. The van der Waals surface area contributed by atoms with Crippen molar-refractivity contribution in [1.82, 2.24) is 9.97 Å². The second-order valence-corrected chi connectivity index (χ2v) is 5.41. The number of thiazole rings is 1. The van der Waals surface area contributed by atoms with Crippen molar-refractivity contribution in [1.29, 1.82) is 0 Å². The van der Waals surface area contributed by atoms with Gasteiger partial charge in [0.25, 0.3) is 0 Å². The molecule has 8 heteroatoms. The van der Waals surface area contributed by atoms with Crippen molar-refractivity contribution in [2.24, 2.45) is 0 Å². The second-order valence-electron chi connectivity index (χ2n) is 4.52. The highest BCUT2D eigenvalue weighted by atomic mass is 32.1. The summed E-state index contributed by atoms with van der Waals surface area (Å²) >= 11 is 1.37. The summed E-state index contributed by atoms with van der Waals surface area (Å²) in [5, 5.41) is 14.3. The first-order chi connectivity index (χ1) is 10.1. The van der Waals surface area contributed by atoms with E-state index in [1.807, 2.05) is 19.9 Å². The molecule has 0 bridgehead atoms. The lowest BCUT2D eigenvalue weighted by Gasteiger charge is -2.05. The first kappa shape index (κ1) is 13.5. The fourth-order valence-corrected chi connectivity index (χ4v) is 2.71. The van der Waals surface area contributed by atoms with Crippen LogP contribution in [0.15, 0.2) is 22.1 Å². The van der Waals surface area contributed by atoms with Gasteiger partial charge >= 0.3 is 5.69 Å². The number of nitro groups is 1. The van der Waals surface area contributed by atoms with Crippen LogP contribution >= 0.6 is 11.3 Å². The standard InChI is InChI=1S/C13H12N4O3S/c1-7-8(2)20-11(16-7)5-14-9-3-4-10-12(15-6-21-10)13(9)17(18)19/h3-4,6,14H,5H2,1-2H3. The molecule has 0 aliphatic heterocycles. The number of anilines is 1. The van der Waals surface area contributed by atoms with Gasteiger partial charge in [0, 0.05) is 0 Å². The van der Waals surface area contributed by atoms with Gasteiger partial charge in [-0.3, -0.25) is 10.1 Å². The first-order valence-electron chi connectivity index (χ1n) is 6.23. The third kappa shape index (κ3) is 2.45. The maximum Gasteiger partial charge on any atom is 0.319 e. The van der Waals surface area contributed by atoms with Crippen molar-refractivity contribution < 1.29 is 9.34 Å². The number of aromatic nitrogens is 2. The number of nitrogens with one attached hydrogen (secondary N) is 1. The highest BCUT2D eigenvalue weighted by Crippen LogP contribution is 2.34. The summed E-state index contributed by atoms with van der Waals surface area (Å²) in [7, 11) is 0. The van der Waals surface area contributed by atoms with Crippen LogP contribution in [0, 0.1) is 24.0 Å². The summed E-state index contributed by atoms with van der Waals surface area (Å²) in [6, 6.07) is 3.50. The van der Waals surface area contributed by atoms with Crippen LogP contribution in [-0.2, 0) is 6.54 Å². The van der Waals surface area contributed by atoms with Gasteiger partial charge in [-0.25, -0.2) is 9.97 Å². The highest BCUT2D eigenvalue weighted by Gasteiger charge is 2.20. The quantitative estimate of drug-likeness (QED) is 0.586. The molecule has 0 fully saturated rings. The van der Waals surface area contributed by atoms with E-state index in [1.54, 1.807) is 11.6 Å². The molecule has 0 aliphatic carbocycles. The zero-order chi connectivity index (χ0) is 15.0. The number of rotatable bonds is 4. The number of hydrogen-bond donors (Lipinski definition) is 1. The Morgan fingerprint density at radius 1 is 1.43 bits per heavy atom. The number of nitrogens with zero attached hydrogens (tertiary/aromatic N) is 3. The molecule has 0 atom stereocenters. The van der Waals surface area contributed by atoms with Gasteiger partial charge in [0.15, 0.2) is 5.52 Å². The van der Waals surface area contributed by atoms with E-state index in [2.05, 4.69) is 15.3 Å². The average molecular weight is 304 g/mol. The van der Waals surface area contributed by atoms with Gasteiger partial charge in [0.2, 0.25) is 5.89 Å². The van der Waals surface area contributed by atoms with Crippen LogP contribution in [0.5, 0.6) is 0 Å². The fourth-order valence-electron chi connectivity index (χ4n) is 2.03. The van der Waals surface area contributed by atoms with E-state index in [0.29, 0.717) is 17.1 Å².